The largest absolute Gasteiger partial charge is 0.399 e. The van der Waals surface area contributed by atoms with Crippen molar-refractivity contribution in [3.8, 4) is 0 Å². The van der Waals surface area contributed by atoms with Crippen molar-refractivity contribution in [1.82, 2.24) is 0 Å². The zero-order valence-corrected chi connectivity index (χ0v) is 12.0. The minimum Gasteiger partial charge on any atom is -0.399 e. The SMILES string of the molecule is Nc1ccc(NS(=O)(=O)c2ccc(Br)cc2F)cc1. The van der Waals surface area contributed by atoms with E-state index in [0.29, 0.717) is 15.8 Å². The van der Waals surface area contributed by atoms with E-state index in [4.69, 9.17) is 5.73 Å². The molecule has 7 heteroatoms. The van der Waals surface area contributed by atoms with E-state index >= 15 is 0 Å². The molecule has 0 saturated carbocycles. The van der Waals surface area contributed by atoms with E-state index in [2.05, 4.69) is 20.7 Å². The summed E-state index contributed by atoms with van der Waals surface area (Å²) in [6.45, 7) is 0. The lowest BCUT2D eigenvalue weighted by Gasteiger charge is -2.09. The Morgan fingerprint density at radius 2 is 1.74 bits per heavy atom. The maximum Gasteiger partial charge on any atom is 0.264 e. The zero-order valence-electron chi connectivity index (χ0n) is 9.60. The molecule has 0 aliphatic heterocycles. The fourth-order valence-electron chi connectivity index (χ4n) is 1.45. The summed E-state index contributed by atoms with van der Waals surface area (Å²) in [5, 5.41) is 0. The van der Waals surface area contributed by atoms with Crippen LogP contribution in [0.3, 0.4) is 0 Å². The highest BCUT2D eigenvalue weighted by Gasteiger charge is 2.19. The third-order valence-electron chi connectivity index (χ3n) is 2.35. The summed E-state index contributed by atoms with van der Waals surface area (Å²) < 4.78 is 40.4. The second kappa shape index (κ2) is 5.18. The van der Waals surface area contributed by atoms with Crippen LogP contribution in [0, 0.1) is 5.82 Å². The minimum absolute atomic E-state index is 0.316. The Bertz CT molecular complexity index is 702. The number of nitrogens with two attached hydrogens (primary N) is 1. The van der Waals surface area contributed by atoms with Gasteiger partial charge in [0.05, 0.1) is 0 Å². The lowest BCUT2D eigenvalue weighted by atomic mass is 10.3. The molecule has 0 fully saturated rings. The fraction of sp³-hybridized carbons (Fsp3) is 0. The summed E-state index contributed by atoms with van der Waals surface area (Å²) in [5.41, 5.74) is 6.33. The summed E-state index contributed by atoms with van der Waals surface area (Å²) in [7, 11) is -3.96. The van der Waals surface area contributed by atoms with E-state index in [1.54, 1.807) is 12.1 Å². The van der Waals surface area contributed by atoms with Gasteiger partial charge in [-0.1, -0.05) is 15.9 Å². The quantitative estimate of drug-likeness (QED) is 0.840. The Morgan fingerprint density at radius 3 is 2.32 bits per heavy atom. The maximum atomic E-state index is 13.6. The summed E-state index contributed by atoms with van der Waals surface area (Å²) in [6, 6.07) is 9.86. The fourth-order valence-corrected chi connectivity index (χ4v) is 2.91. The molecule has 4 nitrogen and oxygen atoms in total. The third kappa shape index (κ3) is 3.24. The van der Waals surface area contributed by atoms with Crippen LogP contribution in [-0.4, -0.2) is 8.42 Å². The van der Waals surface area contributed by atoms with E-state index < -0.39 is 20.7 Å². The van der Waals surface area contributed by atoms with Crippen LogP contribution in [0.2, 0.25) is 0 Å². The topological polar surface area (TPSA) is 72.2 Å². The van der Waals surface area contributed by atoms with Crippen molar-refractivity contribution in [3.63, 3.8) is 0 Å². The summed E-state index contributed by atoms with van der Waals surface area (Å²) in [6.07, 6.45) is 0. The van der Waals surface area contributed by atoms with Gasteiger partial charge in [0.2, 0.25) is 0 Å². The van der Waals surface area contributed by atoms with Gasteiger partial charge in [-0.25, -0.2) is 12.8 Å². The minimum atomic E-state index is -3.96. The number of benzene rings is 2. The molecule has 100 valence electrons. The summed E-state index contributed by atoms with van der Waals surface area (Å²) >= 11 is 3.07. The van der Waals surface area contributed by atoms with Gasteiger partial charge in [0.1, 0.15) is 10.7 Å². The number of nitrogen functional groups attached to an aromatic ring is 1. The number of hydrogen-bond acceptors (Lipinski definition) is 3. The molecule has 0 saturated heterocycles. The van der Waals surface area contributed by atoms with Crippen LogP contribution in [0.1, 0.15) is 0 Å². The first kappa shape index (κ1) is 13.8. The van der Waals surface area contributed by atoms with Crippen molar-refractivity contribution in [1.29, 1.82) is 0 Å². The summed E-state index contributed by atoms with van der Waals surface area (Å²) in [4.78, 5) is -0.410. The van der Waals surface area contributed by atoms with E-state index in [1.165, 1.54) is 24.3 Å². The van der Waals surface area contributed by atoms with Crippen LogP contribution in [0.5, 0.6) is 0 Å². The first-order valence-corrected chi connectivity index (χ1v) is 7.49. The molecule has 2 rings (SSSR count). The molecule has 0 radical (unpaired) electrons. The van der Waals surface area contributed by atoms with Gasteiger partial charge in [-0.2, -0.15) is 0 Å². The predicted molar refractivity (Wildman–Crippen MR) is 75.8 cm³/mol. The Balaban J connectivity index is 2.35. The molecule has 0 aliphatic carbocycles. The van der Waals surface area contributed by atoms with Crippen molar-refractivity contribution in [2.75, 3.05) is 10.5 Å². The number of hydrogen-bond donors (Lipinski definition) is 2. The van der Waals surface area contributed by atoms with Crippen LogP contribution in [-0.2, 0) is 10.0 Å². The molecule has 3 N–H and O–H groups in total. The second-order valence-electron chi connectivity index (χ2n) is 3.80. The highest BCUT2D eigenvalue weighted by atomic mass is 79.9. The molecule has 0 amide bonds. The lowest BCUT2D eigenvalue weighted by Crippen LogP contribution is -2.14. The van der Waals surface area contributed by atoms with E-state index in [0.717, 1.165) is 6.07 Å². The van der Waals surface area contributed by atoms with Crippen molar-refractivity contribution >= 4 is 37.3 Å². The van der Waals surface area contributed by atoms with Gasteiger partial charge in [-0.15, -0.1) is 0 Å². The maximum absolute atomic E-state index is 13.6. The molecule has 2 aromatic rings. The summed E-state index contributed by atoms with van der Waals surface area (Å²) in [5.74, 6) is -0.822. The molecular formula is C12H10BrFN2O2S. The van der Waals surface area contributed by atoms with Gasteiger partial charge in [-0.3, -0.25) is 4.72 Å². The van der Waals surface area contributed by atoms with Crippen molar-refractivity contribution in [3.05, 3.63) is 52.8 Å². The van der Waals surface area contributed by atoms with Gasteiger partial charge in [-0.05, 0) is 42.5 Å². The van der Waals surface area contributed by atoms with Crippen LogP contribution < -0.4 is 10.5 Å². The Hall–Kier alpha value is -1.60. The van der Waals surface area contributed by atoms with E-state index in [1.807, 2.05) is 0 Å². The lowest BCUT2D eigenvalue weighted by molar-refractivity contribution is 0.570. The first-order valence-electron chi connectivity index (χ1n) is 5.22. The van der Waals surface area contributed by atoms with Crippen molar-refractivity contribution < 1.29 is 12.8 Å². The van der Waals surface area contributed by atoms with Crippen molar-refractivity contribution in [2.45, 2.75) is 4.90 Å². The Morgan fingerprint density at radius 1 is 1.11 bits per heavy atom. The smallest absolute Gasteiger partial charge is 0.264 e. The number of halogens is 2. The molecule has 0 unspecified atom stereocenters. The van der Waals surface area contributed by atoms with Crippen LogP contribution >= 0.6 is 15.9 Å². The number of anilines is 2. The highest BCUT2D eigenvalue weighted by molar-refractivity contribution is 9.10. The van der Waals surface area contributed by atoms with Crippen molar-refractivity contribution in [2.24, 2.45) is 0 Å². The Kier molecular flexibility index (Phi) is 3.77. The van der Waals surface area contributed by atoms with Crippen LogP contribution in [0.15, 0.2) is 51.8 Å². The Labute approximate surface area is 118 Å². The monoisotopic (exact) mass is 344 g/mol. The number of sulfonamides is 1. The molecule has 0 heterocycles. The molecule has 0 spiro atoms. The molecule has 0 bridgehead atoms. The third-order valence-corrected chi connectivity index (χ3v) is 4.25. The average molecular weight is 345 g/mol. The van der Waals surface area contributed by atoms with Crippen LogP contribution in [0.4, 0.5) is 15.8 Å². The van der Waals surface area contributed by atoms with Gasteiger partial charge in [0.15, 0.2) is 0 Å². The number of rotatable bonds is 3. The normalized spacial score (nSPS) is 11.3. The van der Waals surface area contributed by atoms with Gasteiger partial charge >= 0.3 is 0 Å². The van der Waals surface area contributed by atoms with E-state index in [9.17, 15) is 12.8 Å². The van der Waals surface area contributed by atoms with Gasteiger partial charge in [0.25, 0.3) is 10.0 Å². The zero-order chi connectivity index (χ0) is 14.0. The highest BCUT2D eigenvalue weighted by Crippen LogP contribution is 2.22. The van der Waals surface area contributed by atoms with Crippen LogP contribution in [0.25, 0.3) is 0 Å². The van der Waals surface area contributed by atoms with E-state index in [-0.39, 0.29) is 0 Å². The van der Waals surface area contributed by atoms with Gasteiger partial charge < -0.3 is 5.73 Å². The molecule has 0 aromatic heterocycles. The molecule has 0 atom stereocenters. The first-order chi connectivity index (χ1) is 8.88. The predicted octanol–water partition coefficient (Wildman–Crippen LogP) is 2.97. The van der Waals surface area contributed by atoms with Gasteiger partial charge in [0, 0.05) is 15.8 Å². The second-order valence-corrected chi connectivity index (χ2v) is 6.37. The molecule has 19 heavy (non-hydrogen) atoms. The number of nitrogens with one attached hydrogen (secondary N) is 1. The molecular weight excluding hydrogens is 335 g/mol. The standard InChI is InChI=1S/C12H10BrFN2O2S/c13-8-1-6-12(11(14)7-8)19(17,18)16-10-4-2-9(15)3-5-10/h1-7,16H,15H2. The average Bonchev–Trinajstić information content (AvgIpc) is 2.31. The molecule has 2 aromatic carbocycles. The molecule has 0 aliphatic rings.